The van der Waals surface area contributed by atoms with Crippen LogP contribution in [0.3, 0.4) is 0 Å². The summed E-state index contributed by atoms with van der Waals surface area (Å²) in [6, 6.07) is 0. The van der Waals surface area contributed by atoms with Crippen LogP contribution in [0.5, 0.6) is 0 Å². The monoisotopic (exact) mass is 315 g/mol. The summed E-state index contributed by atoms with van der Waals surface area (Å²) in [7, 11) is 3.55. The van der Waals surface area contributed by atoms with Crippen LogP contribution in [0.2, 0.25) is 0 Å². The van der Waals surface area contributed by atoms with Crippen LogP contribution in [-0.4, -0.2) is 77.7 Å². The molecular formula is C16H33N3O3. The lowest BCUT2D eigenvalue weighted by molar-refractivity contribution is 0.0536. The lowest BCUT2D eigenvalue weighted by atomic mass is 10.1. The zero-order valence-electron chi connectivity index (χ0n) is 14.5. The van der Waals surface area contributed by atoms with E-state index < -0.39 is 0 Å². The molecule has 1 aliphatic rings. The molecular weight excluding hydrogens is 282 g/mol. The van der Waals surface area contributed by atoms with Gasteiger partial charge in [-0.2, -0.15) is 0 Å². The van der Waals surface area contributed by atoms with Crippen LogP contribution < -0.4 is 5.32 Å². The highest BCUT2D eigenvalue weighted by atomic mass is 16.5. The van der Waals surface area contributed by atoms with Gasteiger partial charge in [-0.1, -0.05) is 0 Å². The molecule has 1 fully saturated rings. The summed E-state index contributed by atoms with van der Waals surface area (Å²) < 4.78 is 16.0. The Labute approximate surface area is 135 Å². The quantitative estimate of drug-likeness (QED) is 0.354. The minimum atomic E-state index is 0.591. The molecule has 22 heavy (non-hydrogen) atoms. The molecule has 6 heteroatoms. The van der Waals surface area contributed by atoms with Gasteiger partial charge in [-0.15, -0.1) is 0 Å². The molecule has 0 radical (unpaired) electrons. The first-order valence-corrected chi connectivity index (χ1v) is 8.41. The minimum Gasteiger partial charge on any atom is -0.382 e. The van der Waals surface area contributed by atoms with E-state index >= 15 is 0 Å². The topological polar surface area (TPSA) is 55.3 Å². The number of hydrogen-bond acceptors (Lipinski definition) is 4. The van der Waals surface area contributed by atoms with Gasteiger partial charge in [-0.25, -0.2) is 0 Å². The summed E-state index contributed by atoms with van der Waals surface area (Å²) in [6.07, 6.45) is 3.36. The van der Waals surface area contributed by atoms with Crippen LogP contribution in [0.25, 0.3) is 0 Å². The molecule has 0 aromatic rings. The van der Waals surface area contributed by atoms with Gasteiger partial charge in [0, 0.05) is 52.9 Å². The second-order valence-corrected chi connectivity index (χ2v) is 5.55. The molecule has 1 unspecified atom stereocenters. The fraction of sp³-hybridized carbons (Fsp3) is 0.938. The number of guanidine groups is 1. The molecule has 1 saturated heterocycles. The Bertz CT molecular complexity index is 300. The van der Waals surface area contributed by atoms with Gasteiger partial charge in [0.2, 0.25) is 0 Å². The molecule has 0 saturated carbocycles. The molecule has 1 atom stereocenters. The number of likely N-dealkylation sites (tertiary alicyclic amines) is 1. The first kappa shape index (κ1) is 19.2. The third-order valence-electron chi connectivity index (χ3n) is 3.79. The van der Waals surface area contributed by atoms with Gasteiger partial charge in [0.1, 0.15) is 0 Å². The fourth-order valence-corrected chi connectivity index (χ4v) is 2.56. The van der Waals surface area contributed by atoms with E-state index in [-0.39, 0.29) is 0 Å². The molecule has 0 aromatic heterocycles. The van der Waals surface area contributed by atoms with Crippen LogP contribution >= 0.6 is 0 Å². The summed E-state index contributed by atoms with van der Waals surface area (Å²) >= 11 is 0. The predicted molar refractivity (Wildman–Crippen MR) is 89.5 cm³/mol. The molecule has 1 aliphatic heterocycles. The van der Waals surface area contributed by atoms with Crippen molar-refractivity contribution in [1.82, 2.24) is 10.2 Å². The largest absolute Gasteiger partial charge is 0.382 e. The van der Waals surface area contributed by atoms with E-state index in [4.69, 9.17) is 14.2 Å². The number of unbranched alkanes of at least 4 members (excludes halogenated alkanes) is 1. The summed E-state index contributed by atoms with van der Waals surface area (Å²) in [5.41, 5.74) is 0. The molecule has 1 rings (SSSR count). The molecule has 0 bridgehead atoms. The van der Waals surface area contributed by atoms with Crippen LogP contribution in [0.1, 0.15) is 26.2 Å². The predicted octanol–water partition coefficient (Wildman–Crippen LogP) is 1.36. The Morgan fingerprint density at radius 1 is 1.23 bits per heavy atom. The van der Waals surface area contributed by atoms with Crippen molar-refractivity contribution in [3.63, 3.8) is 0 Å². The maximum Gasteiger partial charge on any atom is 0.193 e. The Morgan fingerprint density at radius 3 is 2.82 bits per heavy atom. The zero-order chi connectivity index (χ0) is 16.0. The Hall–Kier alpha value is -0.850. The Kier molecular flexibility index (Phi) is 11.1. The average molecular weight is 315 g/mol. The van der Waals surface area contributed by atoms with Gasteiger partial charge in [0.05, 0.1) is 19.8 Å². The molecule has 6 nitrogen and oxygen atoms in total. The van der Waals surface area contributed by atoms with Crippen molar-refractivity contribution in [3.05, 3.63) is 0 Å². The number of ether oxygens (including phenoxy) is 3. The van der Waals surface area contributed by atoms with Crippen molar-refractivity contribution in [2.24, 2.45) is 10.9 Å². The zero-order valence-corrected chi connectivity index (χ0v) is 14.5. The minimum absolute atomic E-state index is 0.591. The fourth-order valence-electron chi connectivity index (χ4n) is 2.56. The van der Waals surface area contributed by atoms with Gasteiger partial charge in [0.25, 0.3) is 0 Å². The molecule has 1 N–H and O–H groups in total. The first-order chi connectivity index (χ1) is 10.8. The summed E-state index contributed by atoms with van der Waals surface area (Å²) in [5.74, 6) is 1.60. The highest BCUT2D eigenvalue weighted by molar-refractivity contribution is 5.80. The first-order valence-electron chi connectivity index (χ1n) is 8.41. The van der Waals surface area contributed by atoms with Crippen molar-refractivity contribution in [2.45, 2.75) is 26.2 Å². The molecule has 0 aliphatic carbocycles. The van der Waals surface area contributed by atoms with Crippen molar-refractivity contribution >= 4 is 5.96 Å². The van der Waals surface area contributed by atoms with Gasteiger partial charge >= 0.3 is 0 Å². The van der Waals surface area contributed by atoms with Crippen LogP contribution in [0.15, 0.2) is 4.99 Å². The van der Waals surface area contributed by atoms with Crippen molar-refractivity contribution < 1.29 is 14.2 Å². The van der Waals surface area contributed by atoms with Gasteiger partial charge in [0.15, 0.2) is 5.96 Å². The lowest BCUT2D eigenvalue weighted by Crippen LogP contribution is -2.40. The average Bonchev–Trinajstić information content (AvgIpc) is 3.00. The second kappa shape index (κ2) is 12.7. The van der Waals surface area contributed by atoms with E-state index in [0.717, 1.165) is 64.7 Å². The van der Waals surface area contributed by atoms with Crippen LogP contribution in [0, 0.1) is 5.92 Å². The van der Waals surface area contributed by atoms with E-state index in [2.05, 4.69) is 15.2 Å². The second-order valence-electron chi connectivity index (χ2n) is 5.55. The highest BCUT2D eigenvalue weighted by Gasteiger charge is 2.24. The number of aliphatic imine (C=N–C) groups is 1. The summed E-state index contributed by atoms with van der Waals surface area (Å²) in [5, 5.41) is 3.44. The maximum absolute atomic E-state index is 5.63. The molecule has 1 heterocycles. The van der Waals surface area contributed by atoms with E-state index in [9.17, 15) is 0 Å². The van der Waals surface area contributed by atoms with Crippen molar-refractivity contribution in [3.8, 4) is 0 Å². The number of nitrogens with zero attached hydrogens (tertiary/aromatic N) is 2. The van der Waals surface area contributed by atoms with Crippen molar-refractivity contribution in [2.75, 3.05) is 66.8 Å². The van der Waals surface area contributed by atoms with E-state index in [1.807, 2.05) is 14.0 Å². The molecule has 130 valence electrons. The third kappa shape index (κ3) is 7.96. The smallest absolute Gasteiger partial charge is 0.193 e. The Morgan fingerprint density at radius 2 is 2.09 bits per heavy atom. The van der Waals surface area contributed by atoms with E-state index in [0.29, 0.717) is 19.1 Å². The standard InChI is InChI=1S/C16H33N3O3/c1-4-21-10-6-5-8-18-16(17-2)19-9-7-15(13-19)14-22-12-11-20-3/h15H,4-14H2,1-3H3,(H,17,18). The summed E-state index contributed by atoms with van der Waals surface area (Å²) in [4.78, 5) is 6.71. The van der Waals surface area contributed by atoms with Crippen molar-refractivity contribution in [1.29, 1.82) is 0 Å². The SMILES string of the molecule is CCOCCCCNC(=NC)N1CCC(COCCOC)C1. The molecule has 0 aromatic carbocycles. The molecule has 0 spiro atoms. The van der Waals surface area contributed by atoms with Crippen LogP contribution in [0.4, 0.5) is 0 Å². The highest BCUT2D eigenvalue weighted by Crippen LogP contribution is 2.16. The maximum atomic E-state index is 5.63. The molecule has 0 amide bonds. The number of rotatable bonds is 11. The van der Waals surface area contributed by atoms with E-state index in [1.54, 1.807) is 7.11 Å². The van der Waals surface area contributed by atoms with E-state index in [1.165, 1.54) is 0 Å². The Balaban J connectivity index is 2.14. The summed E-state index contributed by atoms with van der Waals surface area (Å²) in [6.45, 7) is 8.86. The number of hydrogen-bond donors (Lipinski definition) is 1. The van der Waals surface area contributed by atoms with Gasteiger partial charge in [-0.3, -0.25) is 4.99 Å². The van der Waals surface area contributed by atoms with Crippen LogP contribution in [-0.2, 0) is 14.2 Å². The normalized spacial score (nSPS) is 19.0. The number of nitrogens with one attached hydrogen (secondary N) is 1. The van der Waals surface area contributed by atoms with Gasteiger partial charge < -0.3 is 24.4 Å². The van der Waals surface area contributed by atoms with Gasteiger partial charge in [-0.05, 0) is 26.2 Å². The lowest BCUT2D eigenvalue weighted by Gasteiger charge is -2.21. The number of methoxy groups -OCH3 is 1. The third-order valence-corrected chi connectivity index (χ3v) is 3.79.